The van der Waals surface area contributed by atoms with Gasteiger partial charge in [0.2, 0.25) is 5.91 Å². The third-order valence-corrected chi connectivity index (χ3v) is 5.38. The summed E-state index contributed by atoms with van der Waals surface area (Å²) < 4.78 is 21.6. The lowest BCUT2D eigenvalue weighted by Gasteiger charge is -2.15. The predicted octanol–water partition coefficient (Wildman–Crippen LogP) is 4.49. The zero-order chi connectivity index (χ0) is 22.9. The van der Waals surface area contributed by atoms with Crippen LogP contribution in [0, 0.1) is 6.92 Å². The Morgan fingerprint density at radius 3 is 2.44 bits per heavy atom. The first-order chi connectivity index (χ1) is 15.5. The lowest BCUT2D eigenvalue weighted by atomic mass is 10.1. The molecule has 0 saturated heterocycles. The second kappa shape index (κ2) is 11.2. The van der Waals surface area contributed by atoms with E-state index in [0.29, 0.717) is 17.2 Å². The molecule has 168 valence electrons. The van der Waals surface area contributed by atoms with Crippen LogP contribution >= 0.6 is 11.3 Å². The van der Waals surface area contributed by atoms with Gasteiger partial charge in [0.15, 0.2) is 11.5 Å². The van der Waals surface area contributed by atoms with Crippen molar-refractivity contribution >= 4 is 28.9 Å². The lowest BCUT2D eigenvalue weighted by molar-refractivity contribution is -0.115. The van der Waals surface area contributed by atoms with E-state index in [1.165, 1.54) is 31.6 Å². The van der Waals surface area contributed by atoms with E-state index in [1.807, 2.05) is 48.7 Å². The Morgan fingerprint density at radius 1 is 0.969 bits per heavy atom. The monoisotopic (exact) mass is 455 g/mol. The summed E-state index contributed by atoms with van der Waals surface area (Å²) in [5, 5.41) is 4.68. The molecule has 7 nitrogen and oxygen atoms in total. The summed E-state index contributed by atoms with van der Waals surface area (Å²) in [6.07, 6.45) is 0.199. The van der Waals surface area contributed by atoms with Gasteiger partial charge in [0, 0.05) is 17.0 Å². The number of anilines is 1. The van der Waals surface area contributed by atoms with Crippen LogP contribution in [-0.4, -0.2) is 39.3 Å². The number of esters is 1. The standard InChI is InChI=1S/C24H25NO6S/c1-16-6-4-7-17(12-16)30-9-10-31-24(27)19-14-21(28-2)22(29-3)15-20(19)25-23(26)13-18-8-5-11-32-18/h4-8,11-12,14-15H,9-10,13H2,1-3H3,(H,25,26). The molecule has 0 spiro atoms. The Kier molecular flexibility index (Phi) is 8.10. The van der Waals surface area contributed by atoms with Crippen LogP contribution in [0.4, 0.5) is 5.69 Å². The summed E-state index contributed by atoms with van der Waals surface area (Å²) in [5.41, 5.74) is 1.53. The first kappa shape index (κ1) is 23.1. The number of aryl methyl sites for hydroxylation is 1. The summed E-state index contributed by atoms with van der Waals surface area (Å²) in [5.74, 6) is 0.584. The van der Waals surface area contributed by atoms with Gasteiger partial charge in [-0.1, -0.05) is 18.2 Å². The van der Waals surface area contributed by atoms with Crippen molar-refractivity contribution in [2.45, 2.75) is 13.3 Å². The van der Waals surface area contributed by atoms with E-state index in [-0.39, 0.29) is 36.8 Å². The number of benzene rings is 2. The van der Waals surface area contributed by atoms with E-state index in [1.54, 1.807) is 6.07 Å². The highest BCUT2D eigenvalue weighted by molar-refractivity contribution is 7.10. The van der Waals surface area contributed by atoms with Crippen molar-refractivity contribution in [3.63, 3.8) is 0 Å². The Balaban J connectivity index is 1.69. The van der Waals surface area contributed by atoms with Crippen LogP contribution in [0.1, 0.15) is 20.8 Å². The molecule has 1 amide bonds. The maximum atomic E-state index is 12.8. The number of ether oxygens (including phenoxy) is 4. The number of nitrogens with one attached hydrogen (secondary N) is 1. The van der Waals surface area contributed by atoms with Crippen molar-refractivity contribution < 1.29 is 28.5 Å². The maximum Gasteiger partial charge on any atom is 0.340 e. The topological polar surface area (TPSA) is 83.1 Å². The fourth-order valence-corrected chi connectivity index (χ4v) is 3.70. The minimum atomic E-state index is -0.606. The van der Waals surface area contributed by atoms with Crippen LogP contribution in [0.5, 0.6) is 17.2 Å². The summed E-state index contributed by atoms with van der Waals surface area (Å²) in [7, 11) is 2.95. The minimum Gasteiger partial charge on any atom is -0.493 e. The minimum absolute atomic E-state index is 0.0453. The number of methoxy groups -OCH3 is 2. The molecule has 0 aliphatic heterocycles. The molecular weight excluding hydrogens is 430 g/mol. The van der Waals surface area contributed by atoms with Crippen LogP contribution in [0.3, 0.4) is 0 Å². The van der Waals surface area contributed by atoms with Gasteiger partial charge in [-0.05, 0) is 36.1 Å². The average Bonchev–Trinajstić information content (AvgIpc) is 3.29. The fraction of sp³-hybridized carbons (Fsp3) is 0.250. The Hall–Kier alpha value is -3.52. The second-order valence-corrected chi connectivity index (χ2v) is 7.89. The van der Waals surface area contributed by atoms with Gasteiger partial charge < -0.3 is 24.3 Å². The van der Waals surface area contributed by atoms with Gasteiger partial charge in [-0.15, -0.1) is 11.3 Å². The molecule has 1 N–H and O–H groups in total. The summed E-state index contributed by atoms with van der Waals surface area (Å²) in [6, 6.07) is 14.4. The van der Waals surface area contributed by atoms with Gasteiger partial charge in [-0.2, -0.15) is 0 Å². The highest BCUT2D eigenvalue weighted by Crippen LogP contribution is 2.34. The molecule has 0 unspecified atom stereocenters. The third kappa shape index (κ3) is 6.24. The van der Waals surface area contributed by atoms with E-state index >= 15 is 0 Å². The van der Waals surface area contributed by atoms with Gasteiger partial charge in [0.25, 0.3) is 0 Å². The number of carbonyl (C=O) groups excluding carboxylic acids is 2. The molecule has 0 saturated carbocycles. The third-order valence-electron chi connectivity index (χ3n) is 4.51. The molecule has 0 bridgehead atoms. The quantitative estimate of drug-likeness (QED) is 0.358. The Labute approximate surface area is 190 Å². The lowest BCUT2D eigenvalue weighted by Crippen LogP contribution is -2.19. The van der Waals surface area contributed by atoms with Crippen molar-refractivity contribution in [3.05, 3.63) is 69.9 Å². The number of rotatable bonds is 10. The van der Waals surface area contributed by atoms with Crippen LogP contribution in [0.2, 0.25) is 0 Å². The smallest absolute Gasteiger partial charge is 0.340 e. The normalized spacial score (nSPS) is 10.3. The summed E-state index contributed by atoms with van der Waals surface area (Å²) in [4.78, 5) is 26.2. The van der Waals surface area contributed by atoms with Crippen molar-refractivity contribution in [2.24, 2.45) is 0 Å². The average molecular weight is 456 g/mol. The zero-order valence-electron chi connectivity index (χ0n) is 18.2. The van der Waals surface area contributed by atoms with Gasteiger partial charge in [0.1, 0.15) is 19.0 Å². The molecular formula is C24H25NO6S. The van der Waals surface area contributed by atoms with Crippen LogP contribution in [-0.2, 0) is 16.0 Å². The van der Waals surface area contributed by atoms with Gasteiger partial charge in [0.05, 0.1) is 31.9 Å². The molecule has 32 heavy (non-hydrogen) atoms. The molecule has 0 aliphatic rings. The first-order valence-corrected chi connectivity index (χ1v) is 10.8. The number of thiophene rings is 1. The van der Waals surface area contributed by atoms with Gasteiger partial charge in [-0.25, -0.2) is 4.79 Å². The number of hydrogen-bond acceptors (Lipinski definition) is 7. The number of hydrogen-bond donors (Lipinski definition) is 1. The number of carbonyl (C=O) groups is 2. The van der Waals surface area contributed by atoms with Gasteiger partial charge in [-0.3, -0.25) is 4.79 Å². The highest BCUT2D eigenvalue weighted by Gasteiger charge is 2.20. The van der Waals surface area contributed by atoms with E-state index in [4.69, 9.17) is 18.9 Å². The zero-order valence-corrected chi connectivity index (χ0v) is 19.0. The van der Waals surface area contributed by atoms with Crippen molar-refractivity contribution in [2.75, 3.05) is 32.8 Å². The van der Waals surface area contributed by atoms with Crippen molar-refractivity contribution in [1.82, 2.24) is 0 Å². The van der Waals surface area contributed by atoms with E-state index < -0.39 is 5.97 Å². The van der Waals surface area contributed by atoms with E-state index in [2.05, 4.69) is 5.32 Å². The van der Waals surface area contributed by atoms with Crippen LogP contribution < -0.4 is 19.5 Å². The van der Waals surface area contributed by atoms with Gasteiger partial charge >= 0.3 is 5.97 Å². The molecule has 1 aromatic heterocycles. The fourth-order valence-electron chi connectivity index (χ4n) is 2.99. The largest absolute Gasteiger partial charge is 0.493 e. The second-order valence-electron chi connectivity index (χ2n) is 6.86. The molecule has 2 aromatic carbocycles. The van der Waals surface area contributed by atoms with Crippen molar-refractivity contribution in [1.29, 1.82) is 0 Å². The Bertz CT molecular complexity index is 1060. The molecule has 8 heteroatoms. The maximum absolute atomic E-state index is 12.8. The first-order valence-electron chi connectivity index (χ1n) is 9.95. The number of amides is 1. The van der Waals surface area contributed by atoms with Crippen molar-refractivity contribution in [3.8, 4) is 17.2 Å². The molecule has 0 atom stereocenters. The highest BCUT2D eigenvalue weighted by atomic mass is 32.1. The molecule has 0 fully saturated rings. The molecule has 0 radical (unpaired) electrons. The predicted molar refractivity (Wildman–Crippen MR) is 123 cm³/mol. The summed E-state index contributed by atoms with van der Waals surface area (Å²) in [6.45, 7) is 2.21. The molecule has 3 aromatic rings. The summed E-state index contributed by atoms with van der Waals surface area (Å²) >= 11 is 1.49. The SMILES string of the molecule is COc1cc(NC(=O)Cc2cccs2)c(C(=O)OCCOc2cccc(C)c2)cc1OC. The van der Waals surface area contributed by atoms with Crippen LogP contribution in [0.25, 0.3) is 0 Å². The molecule has 3 rings (SSSR count). The van der Waals surface area contributed by atoms with E-state index in [0.717, 1.165) is 10.4 Å². The van der Waals surface area contributed by atoms with E-state index in [9.17, 15) is 9.59 Å². The molecule has 0 aliphatic carbocycles. The molecule has 1 heterocycles. The Morgan fingerprint density at radius 2 is 1.75 bits per heavy atom. The van der Waals surface area contributed by atoms with Crippen LogP contribution in [0.15, 0.2) is 53.9 Å².